The molecule has 4 aromatic rings. The first-order valence-corrected chi connectivity index (χ1v) is 14.3. The van der Waals surface area contributed by atoms with E-state index in [1.54, 1.807) is 48.5 Å². The fourth-order valence-electron chi connectivity index (χ4n) is 5.41. The van der Waals surface area contributed by atoms with Crippen molar-refractivity contribution in [1.29, 1.82) is 0 Å². The first-order valence-electron chi connectivity index (χ1n) is 14.3. The van der Waals surface area contributed by atoms with Gasteiger partial charge >= 0.3 is 35.5 Å². The predicted molar refractivity (Wildman–Crippen MR) is 165 cm³/mol. The number of hydrogen-bond donors (Lipinski definition) is 4. The van der Waals surface area contributed by atoms with E-state index in [1.165, 1.54) is 31.4 Å². The Morgan fingerprint density at radius 2 is 1.49 bits per heavy atom. The molecule has 1 amide bonds. The Morgan fingerprint density at radius 3 is 2.02 bits per heavy atom. The molecule has 0 aliphatic heterocycles. The number of aromatic nitrogens is 1. The summed E-state index contributed by atoms with van der Waals surface area (Å²) >= 11 is 0. The Kier molecular flexibility index (Phi) is 12.9. The molecule has 0 radical (unpaired) electrons. The molecule has 1 aromatic heterocycles. The standard InChI is InChI=1S/C34H36F2N2O6.Na.H/c1-20(2)38-29(16-15-26(39)18-27(40)19-30(41)42)31(21-7-11-23(35)12-8-21)32(22-9-13-24(36)14-10-22)33(38)34(43)37-25-5-4-6-28(17-25)44-3;;/h4-14,17,20,26-27,39-40H,15-16,18-19H2,1-3H3,(H,37,43)(H,41,42);;/q;+1;-1/t26-,27-;;/m1../s1. The van der Waals surface area contributed by atoms with Crippen LogP contribution in [0.2, 0.25) is 0 Å². The van der Waals surface area contributed by atoms with Gasteiger partial charge in [-0.1, -0.05) is 30.3 Å². The Balaban J connectivity index is 0.00000368. The number of carboxylic acid groups (broad SMARTS) is 1. The number of ether oxygens (including phenoxy) is 1. The van der Waals surface area contributed by atoms with Crippen molar-refractivity contribution in [2.45, 2.75) is 57.8 Å². The number of rotatable bonds is 13. The number of benzene rings is 3. The van der Waals surface area contributed by atoms with Gasteiger partial charge in [0.1, 0.15) is 23.1 Å². The van der Waals surface area contributed by atoms with Gasteiger partial charge in [0.15, 0.2) is 0 Å². The molecular formula is C34H37F2N2NaO6. The molecular weight excluding hydrogens is 593 g/mol. The summed E-state index contributed by atoms with van der Waals surface area (Å²) in [6.07, 6.45) is -2.54. The van der Waals surface area contributed by atoms with Gasteiger partial charge in [-0.3, -0.25) is 9.59 Å². The van der Waals surface area contributed by atoms with Gasteiger partial charge in [-0.15, -0.1) is 0 Å². The number of carbonyl (C=O) groups excluding carboxylic acids is 1. The number of aliphatic hydroxyl groups excluding tert-OH is 2. The van der Waals surface area contributed by atoms with Gasteiger partial charge in [-0.05, 0) is 80.6 Å². The summed E-state index contributed by atoms with van der Waals surface area (Å²) in [4.78, 5) is 25.2. The van der Waals surface area contributed by atoms with Gasteiger partial charge in [0.05, 0.1) is 25.7 Å². The summed E-state index contributed by atoms with van der Waals surface area (Å²) in [5.74, 6) is -1.97. The van der Waals surface area contributed by atoms with E-state index in [0.717, 1.165) is 0 Å². The van der Waals surface area contributed by atoms with Gasteiger partial charge < -0.3 is 31.4 Å². The van der Waals surface area contributed by atoms with E-state index in [4.69, 9.17) is 9.84 Å². The third-order valence-corrected chi connectivity index (χ3v) is 7.30. The molecule has 8 nitrogen and oxygen atoms in total. The molecule has 4 rings (SSSR count). The van der Waals surface area contributed by atoms with Crippen LogP contribution < -0.4 is 39.6 Å². The number of carboxylic acids is 1. The first-order chi connectivity index (χ1) is 21.0. The number of anilines is 1. The maximum Gasteiger partial charge on any atom is 1.00 e. The van der Waals surface area contributed by atoms with Crippen molar-refractivity contribution >= 4 is 17.6 Å². The second-order valence-electron chi connectivity index (χ2n) is 10.9. The molecule has 3 aromatic carbocycles. The number of carbonyl (C=O) groups is 2. The minimum Gasteiger partial charge on any atom is -1.00 e. The summed E-state index contributed by atoms with van der Waals surface area (Å²) in [6.45, 7) is 3.81. The average molecular weight is 631 g/mol. The van der Waals surface area contributed by atoms with E-state index in [1.807, 2.05) is 18.4 Å². The first kappa shape index (κ1) is 35.9. The van der Waals surface area contributed by atoms with Crippen LogP contribution in [0.1, 0.15) is 56.8 Å². The second kappa shape index (κ2) is 16.1. The van der Waals surface area contributed by atoms with Gasteiger partial charge in [-0.2, -0.15) is 0 Å². The monoisotopic (exact) mass is 630 g/mol. The largest absolute Gasteiger partial charge is 1.00 e. The van der Waals surface area contributed by atoms with Crippen LogP contribution in [0, 0.1) is 11.6 Å². The van der Waals surface area contributed by atoms with Gasteiger partial charge in [0.2, 0.25) is 0 Å². The maximum absolute atomic E-state index is 14.2. The fraction of sp³-hybridized carbons (Fsp3) is 0.294. The van der Waals surface area contributed by atoms with Crippen LogP contribution in [0.15, 0.2) is 72.8 Å². The van der Waals surface area contributed by atoms with Gasteiger partial charge in [0.25, 0.3) is 5.91 Å². The molecule has 0 aliphatic rings. The maximum atomic E-state index is 14.2. The number of aliphatic carboxylic acids is 1. The molecule has 0 saturated carbocycles. The number of aliphatic hydroxyl groups is 2. The minimum absolute atomic E-state index is 0. The van der Waals surface area contributed by atoms with Crippen LogP contribution in [-0.2, 0) is 11.2 Å². The zero-order valence-electron chi connectivity index (χ0n) is 26.8. The summed E-state index contributed by atoms with van der Waals surface area (Å²) in [5, 5.41) is 32.8. The predicted octanol–water partition coefficient (Wildman–Crippen LogP) is 3.58. The number of nitrogens with one attached hydrogen (secondary N) is 1. The molecule has 0 aliphatic carbocycles. The quantitative estimate of drug-likeness (QED) is 0.168. The van der Waals surface area contributed by atoms with Crippen molar-refractivity contribution in [3.8, 4) is 28.0 Å². The van der Waals surface area contributed by atoms with Crippen LogP contribution in [0.3, 0.4) is 0 Å². The number of nitrogens with zero attached hydrogens (tertiary/aromatic N) is 1. The van der Waals surface area contributed by atoms with Crippen LogP contribution in [0.5, 0.6) is 5.75 Å². The van der Waals surface area contributed by atoms with E-state index in [-0.39, 0.29) is 62.0 Å². The Bertz CT molecular complexity index is 1610. The molecule has 0 bridgehead atoms. The zero-order chi connectivity index (χ0) is 32.0. The number of methoxy groups -OCH3 is 1. The smallest absolute Gasteiger partial charge is 1.00 e. The molecule has 0 spiro atoms. The van der Waals surface area contributed by atoms with E-state index in [0.29, 0.717) is 39.4 Å². The molecule has 0 unspecified atom stereocenters. The summed E-state index contributed by atoms with van der Waals surface area (Å²) in [5.41, 5.74) is 3.71. The van der Waals surface area contributed by atoms with E-state index in [9.17, 15) is 28.6 Å². The SMILES string of the molecule is COc1cccc(NC(=O)c2c(-c3ccc(F)cc3)c(-c3ccc(F)cc3)c(CC[C@@H](O)C[C@@H](O)CC(=O)O)n2C(C)C)c1.[H-].[Na+]. The van der Waals surface area contributed by atoms with Gasteiger partial charge in [0, 0.05) is 34.6 Å². The minimum atomic E-state index is -1.23. The normalized spacial score (nSPS) is 12.4. The van der Waals surface area contributed by atoms with E-state index >= 15 is 0 Å². The van der Waals surface area contributed by atoms with Crippen molar-refractivity contribution in [2.24, 2.45) is 0 Å². The molecule has 0 saturated heterocycles. The molecule has 1 heterocycles. The van der Waals surface area contributed by atoms with Crippen molar-refractivity contribution in [3.05, 3.63) is 95.8 Å². The zero-order valence-corrected chi connectivity index (χ0v) is 27.8. The molecule has 45 heavy (non-hydrogen) atoms. The van der Waals surface area contributed by atoms with Crippen molar-refractivity contribution in [1.82, 2.24) is 4.57 Å². The van der Waals surface area contributed by atoms with Crippen molar-refractivity contribution in [3.63, 3.8) is 0 Å². The Morgan fingerprint density at radius 1 is 0.911 bits per heavy atom. The Labute approximate surface area is 284 Å². The van der Waals surface area contributed by atoms with Crippen molar-refractivity contribution in [2.75, 3.05) is 12.4 Å². The third kappa shape index (κ3) is 9.02. The third-order valence-electron chi connectivity index (χ3n) is 7.30. The van der Waals surface area contributed by atoms with Crippen LogP contribution in [-0.4, -0.2) is 51.1 Å². The topological polar surface area (TPSA) is 121 Å². The van der Waals surface area contributed by atoms with Crippen LogP contribution >= 0.6 is 0 Å². The Hall–Kier alpha value is -3.54. The van der Waals surface area contributed by atoms with Crippen LogP contribution in [0.4, 0.5) is 14.5 Å². The van der Waals surface area contributed by atoms with Crippen LogP contribution in [0.25, 0.3) is 22.3 Å². The molecule has 4 N–H and O–H groups in total. The van der Waals surface area contributed by atoms with E-state index in [2.05, 4.69) is 5.32 Å². The number of amides is 1. The molecule has 2 atom stereocenters. The van der Waals surface area contributed by atoms with Gasteiger partial charge in [-0.25, -0.2) is 8.78 Å². The molecule has 11 heteroatoms. The average Bonchev–Trinajstić information content (AvgIpc) is 3.32. The second-order valence-corrected chi connectivity index (χ2v) is 10.9. The molecule has 234 valence electrons. The summed E-state index contributed by atoms with van der Waals surface area (Å²) in [6, 6.07) is 18.2. The fourth-order valence-corrected chi connectivity index (χ4v) is 5.41. The van der Waals surface area contributed by atoms with Crippen molar-refractivity contribution < 1.29 is 69.4 Å². The summed E-state index contributed by atoms with van der Waals surface area (Å²) < 4.78 is 35.3. The number of hydrogen-bond acceptors (Lipinski definition) is 5. The van der Waals surface area contributed by atoms with E-state index < -0.39 is 42.1 Å². The number of halogens is 2. The summed E-state index contributed by atoms with van der Waals surface area (Å²) in [7, 11) is 1.52. The molecule has 0 fully saturated rings.